The summed E-state index contributed by atoms with van der Waals surface area (Å²) in [6, 6.07) is 9.41. The first kappa shape index (κ1) is 19.5. The number of nitriles is 1. The van der Waals surface area contributed by atoms with Gasteiger partial charge in [-0.15, -0.1) is 11.3 Å². The summed E-state index contributed by atoms with van der Waals surface area (Å²) in [6.07, 6.45) is 5.75. The summed E-state index contributed by atoms with van der Waals surface area (Å²) in [7, 11) is 0. The summed E-state index contributed by atoms with van der Waals surface area (Å²) < 4.78 is 7.23. The van der Waals surface area contributed by atoms with Gasteiger partial charge in [0.15, 0.2) is 12.4 Å². The monoisotopic (exact) mass is 426 g/mol. The van der Waals surface area contributed by atoms with Crippen molar-refractivity contribution in [3.8, 4) is 11.8 Å². The van der Waals surface area contributed by atoms with Crippen LogP contribution in [0.4, 0.5) is 5.00 Å². The summed E-state index contributed by atoms with van der Waals surface area (Å²) >= 11 is 7.63. The number of nitrogens with one attached hydrogen (secondary N) is 1. The number of halogens is 1. The van der Waals surface area contributed by atoms with E-state index in [-0.39, 0.29) is 18.3 Å². The highest BCUT2D eigenvalue weighted by Crippen LogP contribution is 2.37. The third kappa shape index (κ3) is 4.14. The molecule has 6 nitrogen and oxygen atoms in total. The summed E-state index contributed by atoms with van der Waals surface area (Å²) in [6.45, 7) is 2.09. The lowest BCUT2D eigenvalue weighted by atomic mass is 9.96. The predicted molar refractivity (Wildman–Crippen MR) is 113 cm³/mol. The van der Waals surface area contributed by atoms with Crippen LogP contribution in [0.25, 0.3) is 0 Å². The first-order chi connectivity index (χ1) is 14.0. The Morgan fingerprint density at radius 1 is 1.38 bits per heavy atom. The zero-order valence-corrected chi connectivity index (χ0v) is 17.4. The second kappa shape index (κ2) is 8.27. The molecule has 2 aromatic heterocycles. The van der Waals surface area contributed by atoms with Gasteiger partial charge in [-0.1, -0.05) is 17.7 Å². The summed E-state index contributed by atoms with van der Waals surface area (Å²) in [4.78, 5) is 13.8. The molecule has 0 aliphatic heterocycles. The number of nitrogens with zero attached hydrogens (tertiary/aromatic N) is 3. The van der Waals surface area contributed by atoms with E-state index in [4.69, 9.17) is 16.3 Å². The minimum atomic E-state index is -0.340. The standard InChI is InChI=1S/C21H19ClN4O2S/c1-13-6-7-16(22)18(10-13)28-12-26-9-8-17(25-26)20(27)24-21-15(11-23)14-4-2-3-5-19(14)29-21/h6-10H,2-5,12H2,1H3,(H,24,27). The molecule has 2 heterocycles. The molecule has 148 valence electrons. The van der Waals surface area contributed by atoms with E-state index in [0.717, 1.165) is 36.8 Å². The number of aromatic nitrogens is 2. The number of carbonyl (C=O) groups excluding carboxylic acids is 1. The third-order valence-corrected chi connectivity index (χ3v) is 6.34. The quantitative estimate of drug-likeness (QED) is 0.626. The molecule has 1 N–H and O–H groups in total. The number of ether oxygens (including phenoxy) is 1. The fourth-order valence-corrected chi connectivity index (χ4v) is 4.76. The topological polar surface area (TPSA) is 79.9 Å². The molecule has 0 unspecified atom stereocenters. The molecule has 8 heteroatoms. The Kier molecular flexibility index (Phi) is 5.56. The summed E-state index contributed by atoms with van der Waals surface area (Å²) in [5.41, 5.74) is 2.99. The number of benzene rings is 1. The van der Waals surface area contributed by atoms with Crippen molar-refractivity contribution < 1.29 is 9.53 Å². The first-order valence-electron chi connectivity index (χ1n) is 9.33. The van der Waals surface area contributed by atoms with Crippen LogP contribution in [0.15, 0.2) is 30.5 Å². The maximum absolute atomic E-state index is 12.6. The van der Waals surface area contributed by atoms with Gasteiger partial charge < -0.3 is 10.1 Å². The van der Waals surface area contributed by atoms with Gasteiger partial charge in [-0.25, -0.2) is 4.68 Å². The number of fused-ring (bicyclic) bond motifs is 1. The van der Waals surface area contributed by atoms with E-state index < -0.39 is 0 Å². The number of aryl methyl sites for hydroxylation is 2. The third-order valence-electron chi connectivity index (χ3n) is 4.82. The lowest BCUT2D eigenvalue weighted by Crippen LogP contribution is -2.14. The van der Waals surface area contributed by atoms with Crippen LogP contribution in [0.1, 0.15) is 44.9 Å². The smallest absolute Gasteiger partial charge is 0.276 e. The van der Waals surface area contributed by atoms with Gasteiger partial charge >= 0.3 is 0 Å². The second-order valence-electron chi connectivity index (χ2n) is 6.93. The number of hydrogen-bond donors (Lipinski definition) is 1. The van der Waals surface area contributed by atoms with Gasteiger partial charge in [0, 0.05) is 11.1 Å². The molecule has 0 fully saturated rings. The van der Waals surface area contributed by atoms with Gasteiger partial charge in [0.05, 0.1) is 10.6 Å². The van der Waals surface area contributed by atoms with Gasteiger partial charge in [-0.05, 0) is 61.9 Å². The van der Waals surface area contributed by atoms with E-state index in [9.17, 15) is 10.1 Å². The van der Waals surface area contributed by atoms with E-state index in [1.54, 1.807) is 18.3 Å². The molecule has 0 saturated heterocycles. The first-order valence-corrected chi connectivity index (χ1v) is 10.5. The van der Waals surface area contributed by atoms with Crippen LogP contribution < -0.4 is 10.1 Å². The largest absolute Gasteiger partial charge is 0.470 e. The Bertz CT molecular complexity index is 1110. The lowest BCUT2D eigenvalue weighted by molar-refractivity contribution is 0.102. The van der Waals surface area contributed by atoms with Crippen molar-refractivity contribution in [3.05, 3.63) is 62.7 Å². The Hall–Kier alpha value is -2.82. The van der Waals surface area contributed by atoms with Crippen LogP contribution in [0.5, 0.6) is 5.75 Å². The molecule has 29 heavy (non-hydrogen) atoms. The molecule has 0 saturated carbocycles. The van der Waals surface area contributed by atoms with E-state index in [2.05, 4.69) is 16.5 Å². The molecule has 0 bridgehead atoms. The van der Waals surface area contributed by atoms with Crippen LogP contribution in [0, 0.1) is 18.3 Å². The maximum Gasteiger partial charge on any atom is 0.276 e. The molecule has 4 rings (SSSR count). The average Bonchev–Trinajstić information content (AvgIpc) is 3.32. The lowest BCUT2D eigenvalue weighted by Gasteiger charge is -2.09. The molecular formula is C21H19ClN4O2S. The minimum absolute atomic E-state index is 0.132. The van der Waals surface area contributed by atoms with Gasteiger partial charge in [0.25, 0.3) is 5.91 Å². The fraction of sp³-hybridized carbons (Fsp3) is 0.286. The Morgan fingerprint density at radius 2 is 2.21 bits per heavy atom. The van der Waals surface area contributed by atoms with Crippen molar-refractivity contribution in [2.24, 2.45) is 0 Å². The van der Waals surface area contributed by atoms with E-state index in [0.29, 0.717) is 21.3 Å². The molecular weight excluding hydrogens is 408 g/mol. The molecule has 1 aliphatic rings. The molecule has 1 aliphatic carbocycles. The van der Waals surface area contributed by atoms with Gasteiger partial charge in [0.1, 0.15) is 16.8 Å². The summed E-state index contributed by atoms with van der Waals surface area (Å²) in [5.74, 6) is 0.225. The number of anilines is 1. The van der Waals surface area contributed by atoms with Crippen molar-refractivity contribution in [2.45, 2.75) is 39.3 Å². The Morgan fingerprint density at radius 3 is 3.03 bits per heavy atom. The highest BCUT2D eigenvalue weighted by molar-refractivity contribution is 7.16. The normalized spacial score (nSPS) is 12.9. The Labute approximate surface area is 177 Å². The van der Waals surface area contributed by atoms with Crippen LogP contribution >= 0.6 is 22.9 Å². The number of hydrogen-bond acceptors (Lipinski definition) is 5. The highest BCUT2D eigenvalue weighted by Gasteiger charge is 2.22. The number of thiophene rings is 1. The minimum Gasteiger partial charge on any atom is -0.470 e. The van der Waals surface area contributed by atoms with Crippen molar-refractivity contribution in [3.63, 3.8) is 0 Å². The van der Waals surface area contributed by atoms with Crippen molar-refractivity contribution in [1.82, 2.24) is 9.78 Å². The van der Waals surface area contributed by atoms with Gasteiger partial charge in [-0.2, -0.15) is 10.4 Å². The second-order valence-corrected chi connectivity index (χ2v) is 8.44. The summed E-state index contributed by atoms with van der Waals surface area (Å²) in [5, 5.41) is 17.8. The van der Waals surface area contributed by atoms with E-state index in [1.165, 1.54) is 20.9 Å². The van der Waals surface area contributed by atoms with Crippen LogP contribution in [0.2, 0.25) is 5.02 Å². The Balaban J connectivity index is 1.45. The van der Waals surface area contributed by atoms with Crippen molar-refractivity contribution in [2.75, 3.05) is 5.32 Å². The molecule has 1 amide bonds. The molecule has 1 aromatic carbocycles. The number of carbonyl (C=O) groups is 1. The van der Waals surface area contributed by atoms with Crippen LogP contribution in [-0.2, 0) is 19.6 Å². The van der Waals surface area contributed by atoms with E-state index >= 15 is 0 Å². The predicted octanol–water partition coefficient (Wildman–Crippen LogP) is 4.95. The maximum atomic E-state index is 12.6. The van der Waals surface area contributed by atoms with Gasteiger partial charge in [0.2, 0.25) is 0 Å². The molecule has 0 atom stereocenters. The van der Waals surface area contributed by atoms with Gasteiger partial charge in [-0.3, -0.25) is 4.79 Å². The van der Waals surface area contributed by atoms with Crippen LogP contribution in [0.3, 0.4) is 0 Å². The molecule has 0 radical (unpaired) electrons. The average molecular weight is 427 g/mol. The van der Waals surface area contributed by atoms with Crippen molar-refractivity contribution >= 4 is 33.8 Å². The zero-order valence-electron chi connectivity index (χ0n) is 15.9. The van der Waals surface area contributed by atoms with Crippen LogP contribution in [-0.4, -0.2) is 15.7 Å². The van der Waals surface area contributed by atoms with Crippen molar-refractivity contribution in [1.29, 1.82) is 5.26 Å². The fourth-order valence-electron chi connectivity index (χ4n) is 3.35. The zero-order chi connectivity index (χ0) is 20.4. The molecule has 0 spiro atoms. The number of rotatable bonds is 5. The number of amides is 1. The van der Waals surface area contributed by atoms with E-state index in [1.807, 2.05) is 19.1 Å². The highest BCUT2D eigenvalue weighted by atomic mass is 35.5. The SMILES string of the molecule is Cc1ccc(Cl)c(OCn2ccc(C(=O)Nc3sc4c(c3C#N)CCCC4)n2)c1. The molecule has 3 aromatic rings.